The lowest BCUT2D eigenvalue weighted by atomic mass is 10.1. The zero-order valence-corrected chi connectivity index (χ0v) is 9.92. The van der Waals surface area contributed by atoms with E-state index in [-0.39, 0.29) is 11.4 Å². The van der Waals surface area contributed by atoms with Gasteiger partial charge in [0.2, 0.25) is 0 Å². The van der Waals surface area contributed by atoms with Gasteiger partial charge in [0.15, 0.2) is 5.69 Å². The second kappa shape index (κ2) is 4.89. The summed E-state index contributed by atoms with van der Waals surface area (Å²) in [6, 6.07) is 5.11. The number of aromatic nitrogens is 2. The van der Waals surface area contributed by atoms with Crippen LogP contribution in [0.4, 0.5) is 10.1 Å². The zero-order valence-electron chi connectivity index (χ0n) is 9.92. The quantitative estimate of drug-likeness (QED) is 0.879. The highest BCUT2D eigenvalue weighted by molar-refractivity contribution is 6.06. The molecule has 0 bridgehead atoms. The summed E-state index contributed by atoms with van der Waals surface area (Å²) in [5, 5.41) is 15.1. The molecule has 0 radical (unpaired) electrons. The van der Waals surface area contributed by atoms with Crippen LogP contribution < -0.4 is 5.32 Å². The lowest BCUT2D eigenvalue weighted by molar-refractivity contribution is 0.0693. The molecule has 1 aromatic heterocycles. The van der Waals surface area contributed by atoms with Gasteiger partial charge >= 0.3 is 5.97 Å². The molecular weight excluding hydrogens is 253 g/mol. The molecule has 1 amide bonds. The van der Waals surface area contributed by atoms with Gasteiger partial charge in [-0.3, -0.25) is 9.48 Å². The molecule has 0 unspecified atom stereocenters. The molecule has 2 rings (SSSR count). The van der Waals surface area contributed by atoms with Crippen LogP contribution in [0, 0.1) is 5.82 Å². The van der Waals surface area contributed by atoms with E-state index in [1.54, 1.807) is 13.2 Å². The molecule has 0 aliphatic heterocycles. The molecule has 7 heteroatoms. The first-order valence-corrected chi connectivity index (χ1v) is 5.32. The summed E-state index contributed by atoms with van der Waals surface area (Å²) in [6.45, 7) is 0. The second-order valence-electron chi connectivity index (χ2n) is 3.80. The van der Waals surface area contributed by atoms with Crippen molar-refractivity contribution in [3.63, 3.8) is 0 Å². The van der Waals surface area contributed by atoms with Gasteiger partial charge in [-0.05, 0) is 18.2 Å². The number of carboxylic acids is 1. The van der Waals surface area contributed by atoms with Crippen molar-refractivity contribution in [2.45, 2.75) is 0 Å². The number of amides is 1. The number of rotatable bonds is 3. The molecule has 0 saturated carbocycles. The fraction of sp³-hybridized carbons (Fsp3) is 0.0833. The van der Waals surface area contributed by atoms with Crippen molar-refractivity contribution in [3.8, 4) is 0 Å². The van der Waals surface area contributed by atoms with E-state index in [0.29, 0.717) is 0 Å². The standard InChI is InChI=1S/C12H10FN3O3/c1-16-6-5-9(15-16)11(17)14-8-4-2-3-7(13)10(8)12(18)19/h2-6H,1H3,(H,14,17)(H,18,19). The smallest absolute Gasteiger partial charge is 0.340 e. The second-order valence-corrected chi connectivity index (χ2v) is 3.80. The van der Waals surface area contributed by atoms with E-state index in [1.165, 1.54) is 22.9 Å². The number of nitrogens with one attached hydrogen (secondary N) is 1. The Bertz CT molecular complexity index is 651. The van der Waals surface area contributed by atoms with Gasteiger partial charge in [0, 0.05) is 13.2 Å². The summed E-state index contributed by atoms with van der Waals surface area (Å²) in [5.41, 5.74) is -0.571. The van der Waals surface area contributed by atoms with Crippen molar-refractivity contribution in [1.29, 1.82) is 0 Å². The average molecular weight is 263 g/mol. The fourth-order valence-corrected chi connectivity index (χ4v) is 1.57. The van der Waals surface area contributed by atoms with Crippen molar-refractivity contribution in [2.24, 2.45) is 7.05 Å². The maximum atomic E-state index is 13.4. The molecule has 0 fully saturated rings. The van der Waals surface area contributed by atoms with E-state index in [0.717, 1.165) is 6.07 Å². The Morgan fingerprint density at radius 3 is 2.68 bits per heavy atom. The largest absolute Gasteiger partial charge is 0.478 e. The van der Waals surface area contributed by atoms with Crippen molar-refractivity contribution in [3.05, 3.63) is 47.5 Å². The van der Waals surface area contributed by atoms with E-state index < -0.39 is 23.3 Å². The van der Waals surface area contributed by atoms with Crippen molar-refractivity contribution in [2.75, 3.05) is 5.32 Å². The van der Waals surface area contributed by atoms with Gasteiger partial charge in [0.1, 0.15) is 11.4 Å². The Balaban J connectivity index is 2.31. The summed E-state index contributed by atoms with van der Waals surface area (Å²) in [6.07, 6.45) is 1.57. The molecule has 2 N–H and O–H groups in total. The fourth-order valence-electron chi connectivity index (χ4n) is 1.57. The minimum atomic E-state index is -1.45. The number of halogens is 1. The van der Waals surface area contributed by atoms with Crippen LogP contribution in [-0.4, -0.2) is 26.8 Å². The molecule has 1 aromatic carbocycles. The molecular formula is C12H10FN3O3. The number of anilines is 1. The highest BCUT2D eigenvalue weighted by atomic mass is 19.1. The summed E-state index contributed by atoms with van der Waals surface area (Å²) in [4.78, 5) is 22.8. The molecule has 2 aromatic rings. The number of aryl methyl sites for hydroxylation is 1. The van der Waals surface area contributed by atoms with Crippen LogP contribution in [0.5, 0.6) is 0 Å². The van der Waals surface area contributed by atoms with Crippen LogP contribution in [0.3, 0.4) is 0 Å². The topological polar surface area (TPSA) is 84.2 Å². The Morgan fingerprint density at radius 1 is 1.37 bits per heavy atom. The number of carbonyl (C=O) groups excluding carboxylic acids is 1. The number of hydrogen-bond acceptors (Lipinski definition) is 3. The number of benzene rings is 1. The van der Waals surface area contributed by atoms with Gasteiger partial charge in [-0.15, -0.1) is 0 Å². The summed E-state index contributed by atoms with van der Waals surface area (Å²) >= 11 is 0. The maximum absolute atomic E-state index is 13.4. The van der Waals surface area contributed by atoms with Gasteiger partial charge in [-0.25, -0.2) is 9.18 Å². The summed E-state index contributed by atoms with van der Waals surface area (Å²) in [7, 11) is 1.64. The number of carbonyl (C=O) groups is 2. The van der Waals surface area contributed by atoms with E-state index in [2.05, 4.69) is 10.4 Å². The first-order valence-electron chi connectivity index (χ1n) is 5.32. The number of nitrogens with zero attached hydrogens (tertiary/aromatic N) is 2. The maximum Gasteiger partial charge on any atom is 0.340 e. The number of carboxylic acid groups (broad SMARTS) is 1. The van der Waals surface area contributed by atoms with Gasteiger partial charge in [0.25, 0.3) is 5.91 Å². The van der Waals surface area contributed by atoms with Gasteiger partial charge < -0.3 is 10.4 Å². The molecule has 1 heterocycles. The van der Waals surface area contributed by atoms with Crippen LogP contribution in [-0.2, 0) is 7.05 Å². The highest BCUT2D eigenvalue weighted by Gasteiger charge is 2.18. The Labute approximate surface area is 107 Å². The predicted octanol–water partition coefficient (Wildman–Crippen LogP) is 1.51. The monoisotopic (exact) mass is 263 g/mol. The molecule has 0 atom stereocenters. The Hall–Kier alpha value is -2.70. The van der Waals surface area contributed by atoms with Crippen LogP contribution in [0.25, 0.3) is 0 Å². The van der Waals surface area contributed by atoms with Crippen LogP contribution >= 0.6 is 0 Å². The summed E-state index contributed by atoms with van der Waals surface area (Å²) in [5.74, 6) is -2.96. The van der Waals surface area contributed by atoms with Crippen molar-refractivity contribution < 1.29 is 19.1 Å². The Kier molecular flexibility index (Phi) is 3.28. The molecule has 98 valence electrons. The van der Waals surface area contributed by atoms with Crippen LogP contribution in [0.15, 0.2) is 30.5 Å². The van der Waals surface area contributed by atoms with Gasteiger partial charge in [-0.1, -0.05) is 6.07 Å². The average Bonchev–Trinajstić information content (AvgIpc) is 2.75. The molecule has 19 heavy (non-hydrogen) atoms. The predicted molar refractivity (Wildman–Crippen MR) is 64.5 cm³/mol. The normalized spacial score (nSPS) is 10.2. The third-order valence-corrected chi connectivity index (χ3v) is 2.42. The van der Waals surface area contributed by atoms with Crippen LogP contribution in [0.2, 0.25) is 0 Å². The third kappa shape index (κ3) is 2.59. The zero-order chi connectivity index (χ0) is 14.0. The first-order chi connectivity index (χ1) is 8.99. The van der Waals surface area contributed by atoms with E-state index >= 15 is 0 Å². The SMILES string of the molecule is Cn1ccc(C(=O)Nc2cccc(F)c2C(=O)O)n1. The molecule has 0 aliphatic carbocycles. The Morgan fingerprint density at radius 2 is 2.11 bits per heavy atom. The molecule has 0 saturated heterocycles. The van der Waals surface area contributed by atoms with E-state index in [4.69, 9.17) is 5.11 Å². The van der Waals surface area contributed by atoms with E-state index in [1.807, 2.05) is 0 Å². The molecule has 0 aliphatic rings. The van der Waals surface area contributed by atoms with Crippen molar-refractivity contribution in [1.82, 2.24) is 9.78 Å². The number of aromatic carboxylic acids is 1. The van der Waals surface area contributed by atoms with Crippen LogP contribution in [0.1, 0.15) is 20.8 Å². The summed E-state index contributed by atoms with van der Waals surface area (Å²) < 4.78 is 14.8. The highest BCUT2D eigenvalue weighted by Crippen LogP contribution is 2.19. The minimum absolute atomic E-state index is 0.108. The van der Waals surface area contributed by atoms with Crippen molar-refractivity contribution >= 4 is 17.6 Å². The van der Waals surface area contributed by atoms with Gasteiger partial charge in [-0.2, -0.15) is 5.10 Å². The minimum Gasteiger partial charge on any atom is -0.478 e. The van der Waals surface area contributed by atoms with Gasteiger partial charge in [0.05, 0.1) is 5.69 Å². The molecule has 6 nitrogen and oxygen atoms in total. The third-order valence-electron chi connectivity index (χ3n) is 2.42. The van der Waals surface area contributed by atoms with E-state index in [9.17, 15) is 14.0 Å². The number of hydrogen-bond donors (Lipinski definition) is 2. The lowest BCUT2D eigenvalue weighted by Gasteiger charge is -2.07. The lowest BCUT2D eigenvalue weighted by Crippen LogP contribution is -2.16. The molecule has 0 spiro atoms. The first kappa shape index (κ1) is 12.7.